The van der Waals surface area contributed by atoms with Gasteiger partial charge >= 0.3 is 5.97 Å². The SMILES string of the molecule is CCC(C)CNC(C)C(C)C(=O)O. The van der Waals surface area contributed by atoms with Gasteiger partial charge in [-0.3, -0.25) is 4.79 Å². The molecule has 0 spiro atoms. The molecule has 0 aromatic heterocycles. The average molecular weight is 187 g/mol. The van der Waals surface area contributed by atoms with Crippen LogP contribution in [0.5, 0.6) is 0 Å². The van der Waals surface area contributed by atoms with Crippen molar-refractivity contribution in [3.8, 4) is 0 Å². The lowest BCUT2D eigenvalue weighted by atomic mass is 10.0. The molecule has 3 atom stereocenters. The normalized spacial score (nSPS) is 17.8. The lowest BCUT2D eigenvalue weighted by molar-refractivity contribution is -0.141. The van der Waals surface area contributed by atoms with Crippen LogP contribution in [0.2, 0.25) is 0 Å². The van der Waals surface area contributed by atoms with E-state index in [9.17, 15) is 4.79 Å². The molecule has 0 saturated heterocycles. The molecule has 0 bridgehead atoms. The fraction of sp³-hybridized carbons (Fsp3) is 0.900. The van der Waals surface area contributed by atoms with Gasteiger partial charge in [-0.25, -0.2) is 0 Å². The van der Waals surface area contributed by atoms with Gasteiger partial charge in [0.2, 0.25) is 0 Å². The molecule has 0 heterocycles. The van der Waals surface area contributed by atoms with Crippen LogP contribution in [0.1, 0.15) is 34.1 Å². The lowest BCUT2D eigenvalue weighted by Gasteiger charge is -2.19. The van der Waals surface area contributed by atoms with Gasteiger partial charge in [0.1, 0.15) is 0 Å². The predicted molar refractivity (Wildman–Crippen MR) is 53.7 cm³/mol. The summed E-state index contributed by atoms with van der Waals surface area (Å²) >= 11 is 0. The van der Waals surface area contributed by atoms with Gasteiger partial charge in [-0.2, -0.15) is 0 Å². The quantitative estimate of drug-likeness (QED) is 0.665. The summed E-state index contributed by atoms with van der Waals surface area (Å²) in [4.78, 5) is 10.6. The first-order valence-electron chi connectivity index (χ1n) is 4.95. The zero-order valence-electron chi connectivity index (χ0n) is 9.00. The van der Waals surface area contributed by atoms with Gasteiger partial charge in [0.15, 0.2) is 0 Å². The van der Waals surface area contributed by atoms with Gasteiger partial charge in [0.05, 0.1) is 5.92 Å². The maximum absolute atomic E-state index is 10.6. The van der Waals surface area contributed by atoms with Crippen molar-refractivity contribution in [2.45, 2.75) is 40.2 Å². The molecule has 0 rings (SSSR count). The van der Waals surface area contributed by atoms with Crippen LogP contribution in [0, 0.1) is 11.8 Å². The van der Waals surface area contributed by atoms with Crippen molar-refractivity contribution < 1.29 is 9.90 Å². The number of aliphatic carboxylic acids is 1. The number of carboxylic acid groups (broad SMARTS) is 1. The van der Waals surface area contributed by atoms with E-state index in [1.54, 1.807) is 6.92 Å². The molecule has 0 aliphatic rings. The highest BCUT2D eigenvalue weighted by Crippen LogP contribution is 2.04. The molecule has 0 aromatic carbocycles. The van der Waals surface area contributed by atoms with Crippen molar-refractivity contribution in [3.63, 3.8) is 0 Å². The second-order valence-corrected chi connectivity index (χ2v) is 3.84. The van der Waals surface area contributed by atoms with Crippen LogP contribution in [0.4, 0.5) is 0 Å². The zero-order valence-corrected chi connectivity index (χ0v) is 9.00. The maximum atomic E-state index is 10.6. The summed E-state index contributed by atoms with van der Waals surface area (Å²) in [5.74, 6) is -0.434. The molecular weight excluding hydrogens is 166 g/mol. The van der Waals surface area contributed by atoms with Crippen molar-refractivity contribution in [1.29, 1.82) is 0 Å². The molecule has 0 saturated carbocycles. The molecular formula is C10H21NO2. The van der Waals surface area contributed by atoms with Gasteiger partial charge in [-0.05, 0) is 19.4 Å². The molecule has 13 heavy (non-hydrogen) atoms. The van der Waals surface area contributed by atoms with Crippen LogP contribution in [-0.4, -0.2) is 23.7 Å². The first-order chi connectivity index (χ1) is 5.99. The lowest BCUT2D eigenvalue weighted by Crippen LogP contribution is -2.38. The largest absolute Gasteiger partial charge is 0.481 e. The fourth-order valence-electron chi connectivity index (χ4n) is 0.922. The minimum atomic E-state index is -0.732. The van der Waals surface area contributed by atoms with E-state index in [0.717, 1.165) is 13.0 Å². The van der Waals surface area contributed by atoms with Crippen molar-refractivity contribution in [2.24, 2.45) is 11.8 Å². The standard InChI is InChI=1S/C10H21NO2/c1-5-7(2)6-11-9(4)8(3)10(12)13/h7-9,11H,5-6H2,1-4H3,(H,12,13). The maximum Gasteiger partial charge on any atom is 0.307 e. The Hall–Kier alpha value is -0.570. The van der Waals surface area contributed by atoms with Crippen molar-refractivity contribution in [2.75, 3.05) is 6.54 Å². The van der Waals surface area contributed by atoms with Crippen molar-refractivity contribution >= 4 is 5.97 Å². The van der Waals surface area contributed by atoms with E-state index in [1.807, 2.05) is 6.92 Å². The molecule has 0 fully saturated rings. The molecule has 2 N–H and O–H groups in total. The fourth-order valence-corrected chi connectivity index (χ4v) is 0.922. The molecule has 0 aliphatic carbocycles. The topological polar surface area (TPSA) is 49.3 Å². The predicted octanol–water partition coefficient (Wildman–Crippen LogP) is 1.73. The third kappa shape index (κ3) is 4.88. The molecule has 3 heteroatoms. The number of rotatable bonds is 6. The van der Waals surface area contributed by atoms with Gasteiger partial charge in [0.25, 0.3) is 0 Å². The highest BCUT2D eigenvalue weighted by molar-refractivity contribution is 5.70. The second-order valence-electron chi connectivity index (χ2n) is 3.84. The highest BCUT2D eigenvalue weighted by Gasteiger charge is 2.18. The molecule has 78 valence electrons. The molecule has 3 nitrogen and oxygen atoms in total. The number of nitrogens with one attached hydrogen (secondary N) is 1. The molecule has 0 radical (unpaired) electrons. The van der Waals surface area contributed by atoms with Crippen LogP contribution < -0.4 is 5.32 Å². The van der Waals surface area contributed by atoms with Gasteiger partial charge < -0.3 is 10.4 Å². The molecule has 0 aliphatic heterocycles. The Balaban J connectivity index is 3.73. The van der Waals surface area contributed by atoms with Gasteiger partial charge in [0, 0.05) is 6.04 Å². The minimum absolute atomic E-state index is 0.0477. The van der Waals surface area contributed by atoms with Crippen LogP contribution in [0.15, 0.2) is 0 Å². The van der Waals surface area contributed by atoms with Crippen LogP contribution in [0.25, 0.3) is 0 Å². The minimum Gasteiger partial charge on any atom is -0.481 e. The Bertz CT molecular complexity index is 159. The molecule has 0 aromatic rings. The first kappa shape index (κ1) is 12.4. The number of carbonyl (C=O) groups is 1. The summed E-state index contributed by atoms with van der Waals surface area (Å²) in [6.07, 6.45) is 1.13. The Morgan fingerprint density at radius 3 is 2.31 bits per heavy atom. The van der Waals surface area contributed by atoms with E-state index in [1.165, 1.54) is 0 Å². The van der Waals surface area contributed by atoms with Crippen molar-refractivity contribution in [3.05, 3.63) is 0 Å². The van der Waals surface area contributed by atoms with Gasteiger partial charge in [-0.1, -0.05) is 27.2 Å². The van der Waals surface area contributed by atoms with Crippen LogP contribution in [0.3, 0.4) is 0 Å². The Kier molecular flexibility index (Phi) is 5.71. The number of hydrogen-bond acceptors (Lipinski definition) is 2. The summed E-state index contributed by atoms with van der Waals surface area (Å²) in [6.45, 7) is 8.84. The van der Waals surface area contributed by atoms with E-state index in [0.29, 0.717) is 5.92 Å². The highest BCUT2D eigenvalue weighted by atomic mass is 16.4. The number of hydrogen-bond donors (Lipinski definition) is 2. The Labute approximate surface area is 80.5 Å². The summed E-state index contributed by atoms with van der Waals surface area (Å²) in [5, 5.41) is 12.0. The summed E-state index contributed by atoms with van der Waals surface area (Å²) < 4.78 is 0. The molecule has 0 amide bonds. The van der Waals surface area contributed by atoms with E-state index < -0.39 is 5.97 Å². The van der Waals surface area contributed by atoms with Crippen molar-refractivity contribution in [1.82, 2.24) is 5.32 Å². The summed E-state index contributed by atoms with van der Waals surface area (Å²) in [7, 11) is 0. The second kappa shape index (κ2) is 5.97. The first-order valence-corrected chi connectivity index (χ1v) is 4.95. The number of carboxylic acids is 1. The van der Waals surface area contributed by atoms with E-state index in [-0.39, 0.29) is 12.0 Å². The van der Waals surface area contributed by atoms with Crippen LogP contribution >= 0.6 is 0 Å². The van der Waals surface area contributed by atoms with Gasteiger partial charge in [-0.15, -0.1) is 0 Å². The Morgan fingerprint density at radius 2 is 1.92 bits per heavy atom. The summed E-state index contributed by atoms with van der Waals surface area (Å²) in [5.41, 5.74) is 0. The van der Waals surface area contributed by atoms with Crippen LogP contribution in [-0.2, 0) is 4.79 Å². The monoisotopic (exact) mass is 187 g/mol. The average Bonchev–Trinajstić information content (AvgIpc) is 2.11. The van der Waals surface area contributed by atoms with E-state index in [4.69, 9.17) is 5.11 Å². The van der Waals surface area contributed by atoms with E-state index >= 15 is 0 Å². The Morgan fingerprint density at radius 1 is 1.38 bits per heavy atom. The van der Waals surface area contributed by atoms with E-state index in [2.05, 4.69) is 19.2 Å². The summed E-state index contributed by atoms with van der Waals surface area (Å²) in [6, 6.07) is 0.0477. The molecule has 3 unspecified atom stereocenters. The smallest absolute Gasteiger partial charge is 0.307 e. The third-order valence-corrected chi connectivity index (χ3v) is 2.62. The zero-order chi connectivity index (χ0) is 10.4. The third-order valence-electron chi connectivity index (χ3n) is 2.62.